The van der Waals surface area contributed by atoms with E-state index in [0.29, 0.717) is 13.2 Å². The summed E-state index contributed by atoms with van der Waals surface area (Å²) in [6.45, 7) is 3.19. The quantitative estimate of drug-likeness (QED) is 0.844. The van der Waals surface area contributed by atoms with E-state index in [9.17, 15) is 4.79 Å². The van der Waals surface area contributed by atoms with Gasteiger partial charge in [-0.25, -0.2) is 0 Å². The van der Waals surface area contributed by atoms with Gasteiger partial charge in [0, 0.05) is 26.4 Å². The fourth-order valence-electron chi connectivity index (χ4n) is 2.09. The lowest BCUT2D eigenvalue weighted by atomic mass is 10.1. The minimum Gasteiger partial charge on any atom is -0.372 e. The van der Waals surface area contributed by atoms with Crippen molar-refractivity contribution in [2.45, 2.75) is 13.3 Å². The highest BCUT2D eigenvalue weighted by Crippen LogP contribution is 2.18. The maximum absolute atomic E-state index is 11.4. The normalized spacial score (nSPS) is 10.6. The van der Waals surface area contributed by atoms with E-state index in [2.05, 4.69) is 34.7 Å². The van der Waals surface area contributed by atoms with Crippen molar-refractivity contribution in [2.75, 3.05) is 19.8 Å². The third-order valence-corrected chi connectivity index (χ3v) is 3.24. The van der Waals surface area contributed by atoms with Gasteiger partial charge in [-0.3, -0.25) is 9.48 Å². The minimum atomic E-state index is -0.0663. The smallest absolute Gasteiger partial charge is 0.246 e. The fraction of sp³-hybridized carbons (Fsp3) is 0.375. The van der Waals surface area contributed by atoms with Crippen LogP contribution in [-0.4, -0.2) is 35.4 Å². The molecule has 1 N–H and O–H groups in total. The van der Waals surface area contributed by atoms with Crippen LogP contribution in [0.3, 0.4) is 0 Å². The number of aromatic nitrogens is 2. The van der Waals surface area contributed by atoms with E-state index in [1.54, 1.807) is 6.20 Å². The molecule has 0 bridgehead atoms. The monoisotopic (exact) mass is 287 g/mol. The second-order valence-electron chi connectivity index (χ2n) is 4.77. The molecule has 0 saturated heterocycles. The second-order valence-corrected chi connectivity index (χ2v) is 4.77. The van der Waals surface area contributed by atoms with Crippen molar-refractivity contribution in [1.29, 1.82) is 0 Å². The Balaban J connectivity index is 1.83. The number of nitrogens with one attached hydrogen (secondary N) is 1. The lowest BCUT2D eigenvalue weighted by Gasteiger charge is -2.07. The van der Waals surface area contributed by atoms with Gasteiger partial charge in [-0.2, -0.15) is 5.10 Å². The van der Waals surface area contributed by atoms with Crippen LogP contribution in [0, 0.1) is 0 Å². The van der Waals surface area contributed by atoms with E-state index < -0.39 is 0 Å². The zero-order valence-corrected chi connectivity index (χ0v) is 12.5. The highest BCUT2D eigenvalue weighted by molar-refractivity contribution is 5.77. The van der Waals surface area contributed by atoms with Crippen LogP contribution >= 0.6 is 0 Å². The molecule has 0 spiro atoms. The molecule has 0 radical (unpaired) electrons. The lowest BCUT2D eigenvalue weighted by molar-refractivity contribution is -0.125. The zero-order valence-electron chi connectivity index (χ0n) is 12.5. The van der Waals surface area contributed by atoms with Crippen LogP contribution in [0.15, 0.2) is 36.5 Å². The number of aryl methyl sites for hydroxylation is 1. The molecule has 1 heterocycles. The number of ether oxygens (including phenoxy) is 1. The molecule has 112 valence electrons. The molecular weight excluding hydrogens is 266 g/mol. The van der Waals surface area contributed by atoms with Crippen LogP contribution in [0.2, 0.25) is 0 Å². The highest BCUT2D eigenvalue weighted by atomic mass is 16.5. The van der Waals surface area contributed by atoms with Gasteiger partial charge in [0.15, 0.2) is 0 Å². The Morgan fingerprint density at radius 2 is 2.05 bits per heavy atom. The van der Waals surface area contributed by atoms with Crippen molar-refractivity contribution >= 4 is 5.91 Å². The van der Waals surface area contributed by atoms with Gasteiger partial charge in [-0.15, -0.1) is 0 Å². The second kappa shape index (κ2) is 7.59. The number of nitrogens with zero attached hydrogens (tertiary/aromatic N) is 2. The summed E-state index contributed by atoms with van der Waals surface area (Å²) in [5.74, 6) is -0.0663. The van der Waals surface area contributed by atoms with Crippen LogP contribution in [0.4, 0.5) is 0 Å². The van der Waals surface area contributed by atoms with Crippen molar-refractivity contribution < 1.29 is 9.53 Å². The van der Waals surface area contributed by atoms with Crippen LogP contribution in [0.5, 0.6) is 0 Å². The molecule has 1 aromatic carbocycles. The summed E-state index contributed by atoms with van der Waals surface area (Å²) in [4.78, 5) is 11.4. The molecular formula is C16H21N3O2. The van der Waals surface area contributed by atoms with Crippen molar-refractivity contribution in [3.63, 3.8) is 0 Å². The van der Waals surface area contributed by atoms with E-state index in [1.807, 2.05) is 24.7 Å². The average Bonchev–Trinajstić information content (AvgIpc) is 2.92. The van der Waals surface area contributed by atoms with E-state index >= 15 is 0 Å². The maximum Gasteiger partial charge on any atom is 0.246 e. The van der Waals surface area contributed by atoms with Gasteiger partial charge in [0.2, 0.25) is 5.91 Å². The van der Waals surface area contributed by atoms with E-state index in [-0.39, 0.29) is 12.5 Å². The molecule has 5 heteroatoms. The Hall–Kier alpha value is -2.14. The fourth-order valence-corrected chi connectivity index (χ4v) is 2.09. The summed E-state index contributed by atoms with van der Waals surface area (Å²) in [5, 5.41) is 7.01. The SMILES string of the molecule is CCOCC(=O)NCCc1ccc(-c2ccnn2C)cc1. The summed E-state index contributed by atoms with van der Waals surface area (Å²) in [6.07, 6.45) is 2.60. The largest absolute Gasteiger partial charge is 0.372 e. The van der Waals surface area contributed by atoms with Crippen LogP contribution < -0.4 is 5.32 Å². The number of hydrogen-bond donors (Lipinski definition) is 1. The molecule has 1 aromatic heterocycles. The predicted octanol–water partition coefficient (Wildman–Crippen LogP) is 1.78. The average molecular weight is 287 g/mol. The van der Waals surface area contributed by atoms with Crippen molar-refractivity contribution in [3.8, 4) is 11.3 Å². The molecule has 0 aliphatic heterocycles. The van der Waals surface area contributed by atoms with Crippen molar-refractivity contribution in [3.05, 3.63) is 42.1 Å². The van der Waals surface area contributed by atoms with E-state index in [4.69, 9.17) is 4.74 Å². The van der Waals surface area contributed by atoms with Crippen LogP contribution in [0.25, 0.3) is 11.3 Å². The van der Waals surface area contributed by atoms with Crippen LogP contribution in [0.1, 0.15) is 12.5 Å². The molecule has 0 aliphatic rings. The van der Waals surface area contributed by atoms with E-state index in [0.717, 1.165) is 17.7 Å². The van der Waals surface area contributed by atoms with E-state index in [1.165, 1.54) is 5.56 Å². The molecule has 2 rings (SSSR count). The van der Waals surface area contributed by atoms with Crippen molar-refractivity contribution in [1.82, 2.24) is 15.1 Å². The molecule has 21 heavy (non-hydrogen) atoms. The standard InChI is InChI=1S/C16H21N3O2/c1-3-21-12-16(20)17-10-8-13-4-6-14(7-5-13)15-9-11-18-19(15)2/h4-7,9,11H,3,8,10,12H2,1-2H3,(H,17,20). The summed E-state index contributed by atoms with van der Waals surface area (Å²) >= 11 is 0. The summed E-state index contributed by atoms with van der Waals surface area (Å²) in [7, 11) is 1.93. The zero-order chi connectivity index (χ0) is 15.1. The Bertz CT molecular complexity index is 575. The third kappa shape index (κ3) is 4.43. The summed E-state index contributed by atoms with van der Waals surface area (Å²) in [6, 6.07) is 10.3. The molecule has 5 nitrogen and oxygen atoms in total. The first kappa shape index (κ1) is 15.3. The minimum absolute atomic E-state index is 0.0663. The first-order valence-electron chi connectivity index (χ1n) is 7.12. The van der Waals surface area contributed by atoms with Gasteiger partial charge >= 0.3 is 0 Å². The summed E-state index contributed by atoms with van der Waals surface area (Å²) < 4.78 is 6.90. The first-order valence-corrected chi connectivity index (χ1v) is 7.12. The number of carbonyl (C=O) groups excluding carboxylic acids is 1. The Labute approximate surface area is 124 Å². The van der Waals surface area contributed by atoms with Gasteiger partial charge in [-0.05, 0) is 30.5 Å². The molecule has 0 saturated carbocycles. The Morgan fingerprint density at radius 1 is 1.29 bits per heavy atom. The van der Waals surface area contributed by atoms with Crippen LogP contribution in [-0.2, 0) is 23.0 Å². The third-order valence-electron chi connectivity index (χ3n) is 3.24. The maximum atomic E-state index is 11.4. The molecule has 0 unspecified atom stereocenters. The highest BCUT2D eigenvalue weighted by Gasteiger charge is 2.03. The number of benzene rings is 1. The summed E-state index contributed by atoms with van der Waals surface area (Å²) in [5.41, 5.74) is 3.42. The number of rotatable bonds is 7. The molecule has 1 amide bonds. The van der Waals surface area contributed by atoms with Gasteiger partial charge in [0.1, 0.15) is 6.61 Å². The molecule has 0 aliphatic carbocycles. The number of amides is 1. The van der Waals surface area contributed by atoms with Gasteiger partial charge in [0.05, 0.1) is 5.69 Å². The van der Waals surface area contributed by atoms with Crippen molar-refractivity contribution in [2.24, 2.45) is 7.05 Å². The van der Waals surface area contributed by atoms with Gasteiger partial charge in [0.25, 0.3) is 0 Å². The molecule has 2 aromatic rings. The molecule has 0 atom stereocenters. The van der Waals surface area contributed by atoms with Gasteiger partial charge in [-0.1, -0.05) is 24.3 Å². The topological polar surface area (TPSA) is 56.1 Å². The predicted molar refractivity (Wildman–Crippen MR) is 81.9 cm³/mol. The Morgan fingerprint density at radius 3 is 2.67 bits per heavy atom. The number of carbonyl (C=O) groups is 1. The van der Waals surface area contributed by atoms with Gasteiger partial charge < -0.3 is 10.1 Å². The number of hydrogen-bond acceptors (Lipinski definition) is 3. The first-order chi connectivity index (χ1) is 10.2. The Kier molecular flexibility index (Phi) is 5.51. The lowest BCUT2D eigenvalue weighted by Crippen LogP contribution is -2.29. The molecule has 0 fully saturated rings.